The number of rotatable bonds is 6. The van der Waals surface area contributed by atoms with Crippen molar-refractivity contribution in [2.75, 3.05) is 7.11 Å². The van der Waals surface area contributed by atoms with Crippen molar-refractivity contribution >= 4 is 11.6 Å². The number of ether oxygens (including phenoxy) is 1. The molecule has 0 saturated heterocycles. The van der Waals surface area contributed by atoms with Gasteiger partial charge in [0.2, 0.25) is 0 Å². The number of carbonyl (C=O) groups excluding carboxylic acids is 1. The third-order valence-electron chi connectivity index (χ3n) is 3.31. The van der Waals surface area contributed by atoms with Crippen LogP contribution in [-0.4, -0.2) is 22.9 Å². The Labute approximate surface area is 133 Å². The molecule has 1 aromatic heterocycles. The highest BCUT2D eigenvalue weighted by molar-refractivity contribution is 5.95. The molecule has 1 amide bonds. The number of benzene rings is 1. The Morgan fingerprint density at radius 1 is 1.30 bits per heavy atom. The molecular weight excluding hydrogens is 298 g/mol. The Morgan fingerprint density at radius 3 is 2.57 bits per heavy atom. The second-order valence-electron chi connectivity index (χ2n) is 5.02. The third-order valence-corrected chi connectivity index (χ3v) is 3.31. The summed E-state index contributed by atoms with van der Waals surface area (Å²) in [6.07, 6.45) is 1.14. The van der Waals surface area contributed by atoms with Gasteiger partial charge in [-0.25, -0.2) is 0 Å². The lowest BCUT2D eigenvalue weighted by Gasteiger charge is -2.08. The topological polar surface area (TPSA) is 94.4 Å². The van der Waals surface area contributed by atoms with Gasteiger partial charge in [0, 0.05) is 19.7 Å². The smallest absolute Gasteiger partial charge is 0.288 e. The standard InChI is InChI=1S/C16H17N3O4/c1-11-15(7-14(9-17-11)19(21)22)16(20)18-8-12-3-5-13(6-4-12)10-23-2/h3-7,9H,8,10H2,1-2H3,(H,18,20). The molecule has 0 aliphatic heterocycles. The van der Waals surface area contributed by atoms with Crippen LogP contribution >= 0.6 is 0 Å². The van der Waals surface area contributed by atoms with E-state index in [-0.39, 0.29) is 17.2 Å². The van der Waals surface area contributed by atoms with Crippen LogP contribution in [0, 0.1) is 17.0 Å². The molecule has 2 aromatic rings. The van der Waals surface area contributed by atoms with Crippen molar-refractivity contribution in [2.45, 2.75) is 20.1 Å². The highest BCUT2D eigenvalue weighted by atomic mass is 16.6. The quantitative estimate of drug-likeness (QED) is 0.652. The SMILES string of the molecule is COCc1ccc(CNC(=O)c2cc([N+](=O)[O-])cnc2C)cc1. The summed E-state index contributed by atoms with van der Waals surface area (Å²) in [6, 6.07) is 8.87. The van der Waals surface area contributed by atoms with Gasteiger partial charge >= 0.3 is 0 Å². The maximum atomic E-state index is 12.2. The van der Waals surface area contributed by atoms with Gasteiger partial charge in [-0.3, -0.25) is 19.9 Å². The van der Waals surface area contributed by atoms with Crippen molar-refractivity contribution in [3.05, 3.63) is 69.0 Å². The molecule has 1 N–H and O–H groups in total. The fourth-order valence-corrected chi connectivity index (χ4v) is 2.05. The zero-order valence-corrected chi connectivity index (χ0v) is 12.9. The average molecular weight is 315 g/mol. The molecule has 7 heteroatoms. The van der Waals surface area contributed by atoms with Crippen molar-refractivity contribution in [3.63, 3.8) is 0 Å². The van der Waals surface area contributed by atoms with Crippen molar-refractivity contribution in [1.82, 2.24) is 10.3 Å². The number of nitrogens with one attached hydrogen (secondary N) is 1. The van der Waals surface area contributed by atoms with E-state index >= 15 is 0 Å². The number of aryl methyl sites for hydroxylation is 1. The highest BCUT2D eigenvalue weighted by Crippen LogP contribution is 2.15. The molecule has 0 fully saturated rings. The number of pyridine rings is 1. The first-order chi connectivity index (χ1) is 11.0. The van der Waals surface area contributed by atoms with E-state index in [1.165, 1.54) is 6.07 Å². The Kier molecular flexibility index (Phi) is 5.37. The Hall–Kier alpha value is -2.80. The first-order valence-corrected chi connectivity index (χ1v) is 6.97. The minimum absolute atomic E-state index is 0.204. The van der Waals surface area contributed by atoms with E-state index in [9.17, 15) is 14.9 Å². The second kappa shape index (κ2) is 7.46. The third kappa shape index (κ3) is 4.33. The molecule has 0 aliphatic rings. The van der Waals surface area contributed by atoms with Gasteiger partial charge < -0.3 is 10.1 Å². The Bertz CT molecular complexity index is 714. The van der Waals surface area contributed by atoms with E-state index in [1.54, 1.807) is 14.0 Å². The summed E-state index contributed by atoms with van der Waals surface area (Å²) in [7, 11) is 1.63. The number of nitro groups is 1. The summed E-state index contributed by atoms with van der Waals surface area (Å²) >= 11 is 0. The first-order valence-electron chi connectivity index (χ1n) is 6.97. The lowest BCUT2D eigenvalue weighted by atomic mass is 10.1. The maximum absolute atomic E-state index is 12.2. The van der Waals surface area contributed by atoms with Crippen LogP contribution in [0.1, 0.15) is 27.2 Å². The van der Waals surface area contributed by atoms with Crippen LogP contribution < -0.4 is 5.32 Å². The molecule has 23 heavy (non-hydrogen) atoms. The Balaban J connectivity index is 2.04. The molecule has 0 spiro atoms. The molecule has 1 aromatic carbocycles. The van der Waals surface area contributed by atoms with Crippen molar-refractivity contribution in [2.24, 2.45) is 0 Å². The van der Waals surface area contributed by atoms with E-state index in [0.29, 0.717) is 18.8 Å². The minimum atomic E-state index is -0.572. The molecule has 2 rings (SSSR count). The monoisotopic (exact) mass is 315 g/mol. The van der Waals surface area contributed by atoms with Crippen molar-refractivity contribution in [3.8, 4) is 0 Å². The van der Waals surface area contributed by atoms with Crippen LogP contribution in [0.4, 0.5) is 5.69 Å². The fourth-order valence-electron chi connectivity index (χ4n) is 2.05. The predicted molar refractivity (Wildman–Crippen MR) is 84.0 cm³/mol. The summed E-state index contributed by atoms with van der Waals surface area (Å²) < 4.78 is 5.04. The molecule has 0 aliphatic carbocycles. The van der Waals surface area contributed by atoms with E-state index < -0.39 is 4.92 Å². The number of amides is 1. The summed E-state index contributed by atoms with van der Waals surface area (Å²) in [5, 5.41) is 13.5. The van der Waals surface area contributed by atoms with Crippen LogP contribution in [0.25, 0.3) is 0 Å². The van der Waals surface area contributed by atoms with Gasteiger partial charge in [-0.15, -0.1) is 0 Å². The molecule has 1 heterocycles. The highest BCUT2D eigenvalue weighted by Gasteiger charge is 2.15. The molecule has 0 bridgehead atoms. The van der Waals surface area contributed by atoms with Gasteiger partial charge in [0.15, 0.2) is 0 Å². The number of methoxy groups -OCH3 is 1. The van der Waals surface area contributed by atoms with E-state index in [4.69, 9.17) is 4.74 Å². The number of hydrogen-bond donors (Lipinski definition) is 1. The van der Waals surface area contributed by atoms with Crippen molar-refractivity contribution in [1.29, 1.82) is 0 Å². The largest absolute Gasteiger partial charge is 0.380 e. The summed E-state index contributed by atoms with van der Waals surface area (Å²) in [4.78, 5) is 26.3. The molecule has 120 valence electrons. The average Bonchev–Trinajstić information content (AvgIpc) is 2.54. The number of nitrogens with zero attached hydrogens (tertiary/aromatic N) is 2. The van der Waals surface area contributed by atoms with Crippen LogP contribution in [0.15, 0.2) is 36.5 Å². The van der Waals surface area contributed by atoms with Gasteiger partial charge in [0.1, 0.15) is 6.20 Å². The zero-order valence-electron chi connectivity index (χ0n) is 12.9. The first kappa shape index (κ1) is 16.6. The van der Waals surface area contributed by atoms with Crippen LogP contribution in [-0.2, 0) is 17.9 Å². The van der Waals surface area contributed by atoms with E-state index in [2.05, 4.69) is 10.3 Å². The predicted octanol–water partition coefficient (Wildman–Crippen LogP) is 2.37. The number of carbonyl (C=O) groups is 1. The Morgan fingerprint density at radius 2 is 1.96 bits per heavy atom. The van der Waals surface area contributed by atoms with Gasteiger partial charge in [-0.1, -0.05) is 24.3 Å². The second-order valence-corrected chi connectivity index (χ2v) is 5.02. The van der Waals surface area contributed by atoms with Gasteiger partial charge in [0.05, 0.1) is 22.8 Å². The van der Waals surface area contributed by atoms with Crippen LogP contribution in [0.2, 0.25) is 0 Å². The van der Waals surface area contributed by atoms with E-state index in [0.717, 1.165) is 17.3 Å². The minimum Gasteiger partial charge on any atom is -0.380 e. The molecule has 0 radical (unpaired) electrons. The van der Waals surface area contributed by atoms with E-state index in [1.807, 2.05) is 24.3 Å². The maximum Gasteiger partial charge on any atom is 0.288 e. The lowest BCUT2D eigenvalue weighted by Crippen LogP contribution is -2.24. The fraction of sp³-hybridized carbons (Fsp3) is 0.250. The van der Waals surface area contributed by atoms with Crippen molar-refractivity contribution < 1.29 is 14.5 Å². The number of hydrogen-bond acceptors (Lipinski definition) is 5. The zero-order chi connectivity index (χ0) is 16.8. The van der Waals surface area contributed by atoms with Gasteiger partial charge in [-0.2, -0.15) is 0 Å². The summed E-state index contributed by atoms with van der Waals surface area (Å²) in [5.74, 6) is -0.389. The molecule has 0 saturated carbocycles. The summed E-state index contributed by atoms with van der Waals surface area (Å²) in [6.45, 7) is 2.50. The summed E-state index contributed by atoms with van der Waals surface area (Å²) in [5.41, 5.74) is 2.42. The number of aromatic nitrogens is 1. The molecular formula is C16H17N3O4. The lowest BCUT2D eigenvalue weighted by molar-refractivity contribution is -0.385. The molecule has 7 nitrogen and oxygen atoms in total. The van der Waals surface area contributed by atoms with Crippen LogP contribution in [0.5, 0.6) is 0 Å². The molecule has 0 unspecified atom stereocenters. The normalized spacial score (nSPS) is 10.3. The van der Waals surface area contributed by atoms with Gasteiger partial charge in [0.25, 0.3) is 11.6 Å². The molecule has 0 atom stereocenters. The van der Waals surface area contributed by atoms with Crippen LogP contribution in [0.3, 0.4) is 0 Å². The van der Waals surface area contributed by atoms with Gasteiger partial charge in [-0.05, 0) is 18.1 Å².